The van der Waals surface area contributed by atoms with Gasteiger partial charge in [-0.2, -0.15) is 0 Å². The molecule has 2 rings (SSSR count). The van der Waals surface area contributed by atoms with Crippen LogP contribution in [0.3, 0.4) is 0 Å². The quantitative estimate of drug-likeness (QED) is 0.814. The molecule has 2 N–H and O–H groups in total. The average Bonchev–Trinajstić information content (AvgIpc) is 2.98. The molecule has 6 heteroatoms. The Kier molecular flexibility index (Phi) is 5.77. The van der Waals surface area contributed by atoms with E-state index in [1.807, 2.05) is 45.0 Å². The van der Waals surface area contributed by atoms with Gasteiger partial charge in [0.05, 0.1) is 6.61 Å². The highest BCUT2D eigenvalue weighted by Crippen LogP contribution is 2.23. The van der Waals surface area contributed by atoms with Gasteiger partial charge in [-0.3, -0.25) is 4.79 Å². The van der Waals surface area contributed by atoms with Gasteiger partial charge in [0.2, 0.25) is 0 Å². The van der Waals surface area contributed by atoms with Gasteiger partial charge in [-0.05, 0) is 44.5 Å². The van der Waals surface area contributed by atoms with Crippen molar-refractivity contribution in [2.24, 2.45) is 0 Å². The van der Waals surface area contributed by atoms with Crippen molar-refractivity contribution in [1.82, 2.24) is 10.3 Å². The number of hydrogen-bond donors (Lipinski definition) is 2. The lowest BCUT2D eigenvalue weighted by atomic mass is 10.2. The van der Waals surface area contributed by atoms with Crippen molar-refractivity contribution in [2.45, 2.75) is 33.2 Å². The average molecular weight is 319 g/mol. The van der Waals surface area contributed by atoms with Gasteiger partial charge < -0.3 is 15.4 Å². The zero-order valence-electron chi connectivity index (χ0n) is 13.1. The van der Waals surface area contributed by atoms with Gasteiger partial charge in [-0.1, -0.05) is 6.92 Å². The molecule has 1 aromatic carbocycles. The number of nitrogens with one attached hydrogen (secondary N) is 2. The molecule has 2 aromatic rings. The first-order valence-corrected chi connectivity index (χ1v) is 8.26. The molecule has 1 atom stereocenters. The molecule has 0 aliphatic heterocycles. The summed E-state index contributed by atoms with van der Waals surface area (Å²) in [6.07, 6.45) is 0.896. The van der Waals surface area contributed by atoms with E-state index in [1.54, 1.807) is 5.38 Å². The smallest absolute Gasteiger partial charge is 0.271 e. The zero-order valence-corrected chi connectivity index (χ0v) is 13.9. The zero-order chi connectivity index (χ0) is 15.9. The third kappa shape index (κ3) is 4.46. The Hall–Kier alpha value is -2.08. The molecule has 0 fully saturated rings. The van der Waals surface area contributed by atoms with E-state index in [2.05, 4.69) is 15.6 Å². The second-order valence-corrected chi connectivity index (χ2v) is 5.76. The number of anilines is 2. The summed E-state index contributed by atoms with van der Waals surface area (Å²) in [7, 11) is 0. The standard InChI is InChI=1S/C16H21N3O2S/c1-4-11(3)17-15(20)14-10-22-16(19-14)18-12-6-8-13(9-7-12)21-5-2/h6-11H,4-5H2,1-3H3,(H,17,20)(H,18,19). The molecule has 0 aliphatic rings. The van der Waals surface area contributed by atoms with Crippen LogP contribution in [-0.4, -0.2) is 23.5 Å². The van der Waals surface area contributed by atoms with Crippen LogP contribution in [0.4, 0.5) is 10.8 Å². The molecule has 0 radical (unpaired) electrons. The van der Waals surface area contributed by atoms with Gasteiger partial charge in [0.15, 0.2) is 5.13 Å². The minimum absolute atomic E-state index is 0.134. The lowest BCUT2D eigenvalue weighted by Gasteiger charge is -2.09. The molecule has 5 nitrogen and oxygen atoms in total. The number of benzene rings is 1. The van der Waals surface area contributed by atoms with Crippen molar-refractivity contribution in [3.8, 4) is 5.75 Å². The third-order valence-corrected chi connectivity index (χ3v) is 3.90. The fourth-order valence-corrected chi connectivity index (χ4v) is 2.47. The molecule has 1 amide bonds. The lowest BCUT2D eigenvalue weighted by Crippen LogP contribution is -2.32. The highest BCUT2D eigenvalue weighted by Gasteiger charge is 2.12. The van der Waals surface area contributed by atoms with E-state index in [9.17, 15) is 4.79 Å². The molecule has 0 spiro atoms. The molecule has 118 valence electrons. The number of ether oxygens (including phenoxy) is 1. The van der Waals surface area contributed by atoms with E-state index in [4.69, 9.17) is 4.74 Å². The summed E-state index contributed by atoms with van der Waals surface area (Å²) in [5, 5.41) is 8.54. The maximum atomic E-state index is 12.0. The number of thiazole rings is 1. The Balaban J connectivity index is 1.98. The molecule has 1 heterocycles. The van der Waals surface area contributed by atoms with Crippen molar-refractivity contribution >= 4 is 28.1 Å². The predicted octanol–water partition coefficient (Wildman–Crippen LogP) is 3.81. The van der Waals surface area contributed by atoms with Crippen molar-refractivity contribution in [1.29, 1.82) is 0 Å². The highest BCUT2D eigenvalue weighted by molar-refractivity contribution is 7.14. The van der Waals surface area contributed by atoms with Crippen LogP contribution in [0, 0.1) is 0 Å². The summed E-state index contributed by atoms with van der Waals surface area (Å²) in [5.41, 5.74) is 1.35. The van der Waals surface area contributed by atoms with Crippen LogP contribution in [0.15, 0.2) is 29.6 Å². The van der Waals surface area contributed by atoms with E-state index < -0.39 is 0 Å². The Morgan fingerprint density at radius 1 is 1.32 bits per heavy atom. The summed E-state index contributed by atoms with van der Waals surface area (Å²) in [6.45, 7) is 6.61. The third-order valence-electron chi connectivity index (χ3n) is 3.14. The number of hydrogen-bond acceptors (Lipinski definition) is 5. The number of nitrogens with zero attached hydrogens (tertiary/aromatic N) is 1. The molecule has 1 aromatic heterocycles. The van der Waals surface area contributed by atoms with Crippen molar-refractivity contribution in [3.05, 3.63) is 35.3 Å². The topological polar surface area (TPSA) is 63.2 Å². The Morgan fingerprint density at radius 3 is 2.68 bits per heavy atom. The van der Waals surface area contributed by atoms with Crippen LogP contribution in [0.1, 0.15) is 37.7 Å². The monoisotopic (exact) mass is 319 g/mol. The van der Waals surface area contributed by atoms with Gasteiger partial charge in [0.25, 0.3) is 5.91 Å². The first-order chi connectivity index (χ1) is 10.6. The Morgan fingerprint density at radius 2 is 2.05 bits per heavy atom. The molecule has 0 saturated heterocycles. The van der Waals surface area contributed by atoms with Crippen LogP contribution >= 0.6 is 11.3 Å². The summed E-state index contributed by atoms with van der Waals surface area (Å²) in [4.78, 5) is 16.3. The lowest BCUT2D eigenvalue weighted by molar-refractivity contribution is 0.0935. The molecule has 1 unspecified atom stereocenters. The number of aromatic nitrogens is 1. The number of amides is 1. The van der Waals surface area contributed by atoms with Crippen molar-refractivity contribution < 1.29 is 9.53 Å². The minimum Gasteiger partial charge on any atom is -0.494 e. The number of carbonyl (C=O) groups is 1. The van der Waals surface area contributed by atoms with E-state index in [1.165, 1.54) is 11.3 Å². The van der Waals surface area contributed by atoms with Gasteiger partial charge >= 0.3 is 0 Å². The summed E-state index contributed by atoms with van der Waals surface area (Å²) >= 11 is 1.41. The van der Waals surface area contributed by atoms with Gasteiger partial charge in [0.1, 0.15) is 11.4 Å². The summed E-state index contributed by atoms with van der Waals surface area (Å²) < 4.78 is 5.40. The van der Waals surface area contributed by atoms with Gasteiger partial charge in [-0.25, -0.2) is 4.98 Å². The van der Waals surface area contributed by atoms with Crippen molar-refractivity contribution in [2.75, 3.05) is 11.9 Å². The Bertz CT molecular complexity index is 610. The number of carbonyl (C=O) groups excluding carboxylic acids is 1. The maximum Gasteiger partial charge on any atom is 0.271 e. The Labute approximate surface area is 134 Å². The SMILES string of the molecule is CCOc1ccc(Nc2nc(C(=O)NC(C)CC)cs2)cc1. The summed E-state index contributed by atoms with van der Waals surface area (Å²) in [5.74, 6) is 0.700. The first-order valence-electron chi connectivity index (χ1n) is 7.38. The molecule has 22 heavy (non-hydrogen) atoms. The second kappa shape index (κ2) is 7.79. The molecule has 0 saturated carbocycles. The molecule has 0 aliphatic carbocycles. The second-order valence-electron chi connectivity index (χ2n) is 4.90. The van der Waals surface area contributed by atoms with Crippen molar-refractivity contribution in [3.63, 3.8) is 0 Å². The molecular weight excluding hydrogens is 298 g/mol. The maximum absolute atomic E-state index is 12.0. The molecule has 0 bridgehead atoms. The fraction of sp³-hybridized carbons (Fsp3) is 0.375. The van der Waals surface area contributed by atoms with E-state index in [0.717, 1.165) is 17.9 Å². The normalized spacial score (nSPS) is 11.8. The number of rotatable bonds is 7. The van der Waals surface area contributed by atoms with Gasteiger partial charge in [0, 0.05) is 17.1 Å². The van der Waals surface area contributed by atoms with E-state index >= 15 is 0 Å². The first kappa shape index (κ1) is 16.3. The molecular formula is C16H21N3O2S. The van der Waals surface area contributed by atoms with Crippen LogP contribution in [0.5, 0.6) is 5.75 Å². The summed E-state index contributed by atoms with van der Waals surface area (Å²) in [6, 6.07) is 7.79. The predicted molar refractivity (Wildman–Crippen MR) is 90.2 cm³/mol. The fourth-order valence-electron chi connectivity index (χ4n) is 1.76. The van der Waals surface area contributed by atoms with E-state index in [-0.39, 0.29) is 11.9 Å². The van der Waals surface area contributed by atoms with Crippen LogP contribution < -0.4 is 15.4 Å². The highest BCUT2D eigenvalue weighted by atomic mass is 32.1. The van der Waals surface area contributed by atoms with Crippen LogP contribution in [0.2, 0.25) is 0 Å². The van der Waals surface area contributed by atoms with E-state index in [0.29, 0.717) is 17.4 Å². The van der Waals surface area contributed by atoms with Crippen LogP contribution in [-0.2, 0) is 0 Å². The largest absolute Gasteiger partial charge is 0.494 e. The van der Waals surface area contributed by atoms with Crippen LogP contribution in [0.25, 0.3) is 0 Å². The minimum atomic E-state index is -0.134. The van der Waals surface area contributed by atoms with Gasteiger partial charge in [-0.15, -0.1) is 11.3 Å².